The minimum absolute atomic E-state index is 0.309. The van der Waals surface area contributed by atoms with Crippen LogP contribution < -0.4 is 15.8 Å². The number of H-pyrrole nitrogens is 1. The lowest BCUT2D eigenvalue weighted by Gasteiger charge is -2.08. The van der Waals surface area contributed by atoms with Crippen molar-refractivity contribution < 1.29 is 9.53 Å². The van der Waals surface area contributed by atoms with E-state index in [0.29, 0.717) is 22.9 Å². The number of methoxy groups -OCH3 is 1. The van der Waals surface area contributed by atoms with E-state index in [4.69, 9.17) is 10.5 Å². The molecule has 4 N–H and O–H groups in total. The molecule has 0 aliphatic carbocycles. The van der Waals surface area contributed by atoms with Crippen molar-refractivity contribution >= 4 is 17.5 Å². The van der Waals surface area contributed by atoms with Gasteiger partial charge in [0, 0.05) is 24.1 Å². The van der Waals surface area contributed by atoms with Gasteiger partial charge in [-0.3, -0.25) is 10.1 Å². The topological polar surface area (TPSA) is 93.0 Å². The first-order valence-corrected chi connectivity index (χ1v) is 4.95. The number of hydrogen-bond donors (Lipinski definition) is 3. The number of anilines is 2. The van der Waals surface area contributed by atoms with Crippen LogP contribution in [0, 0.1) is 0 Å². The van der Waals surface area contributed by atoms with E-state index in [1.165, 1.54) is 7.11 Å². The molecule has 1 heterocycles. The van der Waals surface area contributed by atoms with Gasteiger partial charge in [0.05, 0.1) is 12.7 Å². The smallest absolute Gasteiger partial charge is 0.261 e. The number of nitrogens with two attached hydrogens (primary N) is 1. The average Bonchev–Trinajstić information content (AvgIpc) is 2.81. The average molecular weight is 232 g/mol. The van der Waals surface area contributed by atoms with E-state index in [9.17, 15) is 4.79 Å². The van der Waals surface area contributed by atoms with Crippen LogP contribution in [0.25, 0.3) is 0 Å². The van der Waals surface area contributed by atoms with Crippen LogP contribution in [0.5, 0.6) is 5.75 Å². The monoisotopic (exact) mass is 232 g/mol. The second-order valence-electron chi connectivity index (χ2n) is 3.35. The Morgan fingerprint density at radius 2 is 2.35 bits per heavy atom. The van der Waals surface area contributed by atoms with Gasteiger partial charge in [-0.05, 0) is 12.1 Å². The number of aromatic nitrogens is 2. The summed E-state index contributed by atoms with van der Waals surface area (Å²) in [5, 5.41) is 2.61. The number of carbonyl (C=O) groups is 1. The molecule has 0 saturated carbocycles. The number of ether oxygens (including phenoxy) is 1. The molecule has 0 unspecified atom stereocenters. The molecule has 0 radical (unpaired) electrons. The summed E-state index contributed by atoms with van der Waals surface area (Å²) in [6, 6.07) is 4.84. The summed E-state index contributed by atoms with van der Waals surface area (Å²) in [5.74, 6) is 0.500. The number of benzene rings is 1. The number of hydrogen-bond acceptors (Lipinski definition) is 4. The number of rotatable bonds is 3. The molecule has 1 amide bonds. The van der Waals surface area contributed by atoms with Gasteiger partial charge in [-0.2, -0.15) is 0 Å². The highest BCUT2D eigenvalue weighted by Gasteiger charge is 2.13. The highest BCUT2D eigenvalue weighted by atomic mass is 16.5. The standard InChI is InChI=1S/C11H12N4O2/c1-17-9-6-7(12)2-3-8(9)10(16)15-11-13-4-5-14-11/h2-6H,12H2,1H3,(H2,13,14,15,16). The number of carbonyl (C=O) groups excluding carboxylic acids is 1. The number of amides is 1. The summed E-state index contributed by atoms with van der Waals surface area (Å²) in [5.41, 5.74) is 6.55. The predicted molar refractivity (Wildman–Crippen MR) is 63.9 cm³/mol. The maximum absolute atomic E-state index is 11.9. The first-order chi connectivity index (χ1) is 8.20. The summed E-state index contributed by atoms with van der Waals surface area (Å²) in [6.45, 7) is 0. The summed E-state index contributed by atoms with van der Waals surface area (Å²) < 4.78 is 5.10. The molecule has 2 aromatic rings. The fourth-order valence-corrected chi connectivity index (χ4v) is 1.40. The van der Waals surface area contributed by atoms with Crippen molar-refractivity contribution in [3.05, 3.63) is 36.2 Å². The first-order valence-electron chi connectivity index (χ1n) is 4.95. The number of nitrogens with zero attached hydrogens (tertiary/aromatic N) is 1. The van der Waals surface area contributed by atoms with Gasteiger partial charge in [0.2, 0.25) is 5.95 Å². The quantitative estimate of drug-likeness (QED) is 0.694. The lowest BCUT2D eigenvalue weighted by molar-refractivity contribution is 0.102. The van der Waals surface area contributed by atoms with Gasteiger partial charge in [-0.25, -0.2) is 4.98 Å². The number of aromatic amines is 1. The Bertz CT molecular complexity index is 522. The largest absolute Gasteiger partial charge is 0.496 e. The minimum atomic E-state index is -0.309. The molecule has 0 fully saturated rings. The van der Waals surface area contributed by atoms with Crippen LogP contribution in [0.1, 0.15) is 10.4 Å². The highest BCUT2D eigenvalue weighted by molar-refractivity contribution is 6.05. The molecule has 2 rings (SSSR count). The molecule has 6 nitrogen and oxygen atoms in total. The number of nitrogen functional groups attached to an aromatic ring is 1. The third kappa shape index (κ3) is 2.36. The Balaban J connectivity index is 2.24. The summed E-state index contributed by atoms with van der Waals surface area (Å²) >= 11 is 0. The van der Waals surface area contributed by atoms with Gasteiger partial charge in [-0.15, -0.1) is 0 Å². The van der Waals surface area contributed by atoms with E-state index >= 15 is 0 Å². The predicted octanol–water partition coefficient (Wildman–Crippen LogP) is 1.25. The molecule has 0 spiro atoms. The molecule has 0 aliphatic rings. The molecular formula is C11H12N4O2. The summed E-state index contributed by atoms with van der Waals surface area (Å²) in [6.07, 6.45) is 3.17. The molecule has 6 heteroatoms. The third-order valence-corrected chi connectivity index (χ3v) is 2.20. The van der Waals surface area contributed by atoms with Crippen LogP contribution in [0.3, 0.4) is 0 Å². The van der Waals surface area contributed by atoms with Crippen molar-refractivity contribution in [2.45, 2.75) is 0 Å². The normalized spacial score (nSPS) is 9.94. The van der Waals surface area contributed by atoms with Crippen molar-refractivity contribution in [1.82, 2.24) is 9.97 Å². The molecule has 0 saturated heterocycles. The SMILES string of the molecule is COc1cc(N)ccc1C(=O)Nc1ncc[nH]1. The van der Waals surface area contributed by atoms with Gasteiger partial charge in [0.25, 0.3) is 5.91 Å². The molecular weight excluding hydrogens is 220 g/mol. The van der Waals surface area contributed by atoms with Crippen molar-refractivity contribution in [1.29, 1.82) is 0 Å². The lowest BCUT2D eigenvalue weighted by atomic mass is 10.1. The van der Waals surface area contributed by atoms with Crippen molar-refractivity contribution in [2.75, 3.05) is 18.2 Å². The molecule has 1 aromatic carbocycles. The number of imidazole rings is 1. The van der Waals surface area contributed by atoms with Crippen LogP contribution in [0.15, 0.2) is 30.6 Å². The Morgan fingerprint density at radius 3 is 3.00 bits per heavy atom. The van der Waals surface area contributed by atoms with Crippen molar-refractivity contribution in [2.24, 2.45) is 0 Å². The van der Waals surface area contributed by atoms with Gasteiger partial charge in [-0.1, -0.05) is 0 Å². The fraction of sp³-hybridized carbons (Fsp3) is 0.0909. The first kappa shape index (κ1) is 11.0. The molecule has 1 aromatic heterocycles. The van der Waals surface area contributed by atoms with Crippen LogP contribution in [-0.2, 0) is 0 Å². The van der Waals surface area contributed by atoms with E-state index in [1.54, 1.807) is 30.6 Å². The van der Waals surface area contributed by atoms with Crippen LogP contribution in [0.2, 0.25) is 0 Å². The zero-order chi connectivity index (χ0) is 12.3. The Labute approximate surface area is 97.8 Å². The zero-order valence-corrected chi connectivity index (χ0v) is 9.23. The van der Waals surface area contributed by atoms with Gasteiger partial charge < -0.3 is 15.5 Å². The van der Waals surface area contributed by atoms with E-state index < -0.39 is 0 Å². The lowest BCUT2D eigenvalue weighted by Crippen LogP contribution is -2.14. The van der Waals surface area contributed by atoms with E-state index in [1.807, 2.05) is 0 Å². The Morgan fingerprint density at radius 1 is 1.53 bits per heavy atom. The molecule has 0 atom stereocenters. The number of nitrogens with one attached hydrogen (secondary N) is 2. The Kier molecular flexibility index (Phi) is 2.95. The maximum Gasteiger partial charge on any atom is 0.261 e. The molecule has 17 heavy (non-hydrogen) atoms. The second-order valence-corrected chi connectivity index (χ2v) is 3.35. The van der Waals surface area contributed by atoms with E-state index in [0.717, 1.165) is 0 Å². The summed E-state index contributed by atoms with van der Waals surface area (Å²) in [7, 11) is 1.48. The minimum Gasteiger partial charge on any atom is -0.496 e. The third-order valence-electron chi connectivity index (χ3n) is 2.20. The maximum atomic E-state index is 11.9. The molecule has 0 aliphatic heterocycles. The van der Waals surface area contributed by atoms with E-state index in [-0.39, 0.29) is 5.91 Å². The molecule has 88 valence electrons. The van der Waals surface area contributed by atoms with Crippen molar-refractivity contribution in [3.8, 4) is 5.75 Å². The zero-order valence-electron chi connectivity index (χ0n) is 9.23. The van der Waals surface area contributed by atoms with Gasteiger partial charge in [0.1, 0.15) is 5.75 Å². The van der Waals surface area contributed by atoms with Gasteiger partial charge in [0.15, 0.2) is 0 Å². The highest BCUT2D eigenvalue weighted by Crippen LogP contribution is 2.22. The fourth-order valence-electron chi connectivity index (χ4n) is 1.40. The Hall–Kier alpha value is -2.50. The van der Waals surface area contributed by atoms with Crippen LogP contribution >= 0.6 is 0 Å². The van der Waals surface area contributed by atoms with Gasteiger partial charge >= 0.3 is 0 Å². The summed E-state index contributed by atoms with van der Waals surface area (Å²) in [4.78, 5) is 18.6. The molecule has 0 bridgehead atoms. The van der Waals surface area contributed by atoms with E-state index in [2.05, 4.69) is 15.3 Å². The van der Waals surface area contributed by atoms with Crippen molar-refractivity contribution in [3.63, 3.8) is 0 Å². The second kappa shape index (κ2) is 4.56. The van der Waals surface area contributed by atoms with Crippen LogP contribution in [-0.4, -0.2) is 23.0 Å². The van der Waals surface area contributed by atoms with Crippen LogP contribution in [0.4, 0.5) is 11.6 Å².